The fourth-order valence-corrected chi connectivity index (χ4v) is 4.87. The van der Waals surface area contributed by atoms with Gasteiger partial charge in [0.25, 0.3) is 5.91 Å². The van der Waals surface area contributed by atoms with Crippen LogP contribution in [0, 0.1) is 5.82 Å². The van der Waals surface area contributed by atoms with E-state index in [1.807, 2.05) is 48.7 Å². The first-order valence-corrected chi connectivity index (χ1v) is 13.4. The summed E-state index contributed by atoms with van der Waals surface area (Å²) in [6, 6.07) is 24.9. The van der Waals surface area contributed by atoms with Crippen LogP contribution >= 0.6 is 0 Å². The van der Waals surface area contributed by atoms with Crippen LogP contribution in [0.5, 0.6) is 5.75 Å². The molecule has 208 valence electrons. The summed E-state index contributed by atoms with van der Waals surface area (Å²) in [5.74, 6) is -0.220. The highest BCUT2D eigenvalue weighted by molar-refractivity contribution is 5.96. The van der Waals surface area contributed by atoms with E-state index in [9.17, 15) is 14.0 Å². The van der Waals surface area contributed by atoms with E-state index in [0.717, 1.165) is 22.0 Å². The summed E-state index contributed by atoms with van der Waals surface area (Å²) < 4.78 is 19.1. The minimum absolute atomic E-state index is 0.144. The average molecular weight is 551 g/mol. The maximum atomic E-state index is 14.0. The van der Waals surface area contributed by atoms with Gasteiger partial charge >= 0.3 is 0 Å². The maximum Gasteiger partial charge on any atom is 0.256 e. The number of nitrogens with zero attached hydrogens (tertiary/aromatic N) is 3. The van der Waals surface area contributed by atoms with E-state index in [-0.39, 0.29) is 30.7 Å². The molecule has 0 saturated heterocycles. The number of H-pyrrole nitrogens is 1. The smallest absolute Gasteiger partial charge is 0.256 e. The number of nitrogens with one attached hydrogen (secondary N) is 1. The Morgan fingerprint density at radius 2 is 1.66 bits per heavy atom. The highest BCUT2D eigenvalue weighted by Crippen LogP contribution is 2.22. The SMILES string of the molecule is COc1ccccc1CN(CCc1c[nH]c2ccccc12)C(=O)CN(Cc1ccc(F)cc1)C(=O)c1cccnc1. The highest BCUT2D eigenvalue weighted by Gasteiger charge is 2.24. The Labute approximate surface area is 238 Å². The zero-order valence-electron chi connectivity index (χ0n) is 22.8. The van der Waals surface area contributed by atoms with E-state index >= 15 is 0 Å². The van der Waals surface area contributed by atoms with Crippen molar-refractivity contribution >= 4 is 22.7 Å². The molecule has 1 N–H and O–H groups in total. The molecule has 0 aliphatic heterocycles. The van der Waals surface area contributed by atoms with E-state index in [2.05, 4.69) is 16.0 Å². The van der Waals surface area contributed by atoms with Crippen LogP contribution in [0.4, 0.5) is 4.39 Å². The lowest BCUT2D eigenvalue weighted by Crippen LogP contribution is -2.43. The molecule has 2 amide bonds. The zero-order valence-corrected chi connectivity index (χ0v) is 22.8. The van der Waals surface area contributed by atoms with Crippen molar-refractivity contribution in [2.75, 3.05) is 20.2 Å². The van der Waals surface area contributed by atoms with Crippen LogP contribution in [0.15, 0.2) is 104 Å². The molecule has 5 rings (SSSR count). The van der Waals surface area contributed by atoms with Crippen molar-refractivity contribution in [2.45, 2.75) is 19.5 Å². The summed E-state index contributed by atoms with van der Waals surface area (Å²) in [6.07, 6.45) is 5.67. The van der Waals surface area contributed by atoms with Crippen molar-refractivity contribution in [3.05, 3.63) is 132 Å². The lowest BCUT2D eigenvalue weighted by Gasteiger charge is -2.28. The number of amides is 2. The second-order valence-electron chi connectivity index (χ2n) is 9.77. The number of halogens is 1. The molecule has 3 aromatic carbocycles. The zero-order chi connectivity index (χ0) is 28.6. The second-order valence-corrected chi connectivity index (χ2v) is 9.77. The van der Waals surface area contributed by atoms with E-state index in [4.69, 9.17) is 4.74 Å². The molecule has 0 fully saturated rings. The van der Waals surface area contributed by atoms with Crippen molar-refractivity contribution in [1.82, 2.24) is 19.8 Å². The maximum absolute atomic E-state index is 14.0. The number of carbonyl (C=O) groups excluding carboxylic acids is 2. The molecular weight excluding hydrogens is 519 g/mol. The molecule has 7 nitrogen and oxygen atoms in total. The normalized spacial score (nSPS) is 10.9. The van der Waals surface area contributed by atoms with Crippen molar-refractivity contribution in [3.63, 3.8) is 0 Å². The predicted octanol–water partition coefficient (Wildman–Crippen LogP) is 5.62. The molecule has 0 bridgehead atoms. The molecule has 0 aliphatic rings. The van der Waals surface area contributed by atoms with Crippen molar-refractivity contribution in [3.8, 4) is 5.75 Å². The molecular formula is C33H31FN4O3. The van der Waals surface area contributed by atoms with Crippen molar-refractivity contribution in [2.24, 2.45) is 0 Å². The number of hydrogen-bond acceptors (Lipinski definition) is 4. The summed E-state index contributed by atoms with van der Waals surface area (Å²) in [6.45, 7) is 0.736. The van der Waals surface area contributed by atoms with Gasteiger partial charge in [0, 0.05) is 54.7 Å². The van der Waals surface area contributed by atoms with Gasteiger partial charge in [-0.15, -0.1) is 0 Å². The fourth-order valence-electron chi connectivity index (χ4n) is 4.87. The van der Waals surface area contributed by atoms with Crippen LogP contribution in [-0.2, 0) is 24.3 Å². The summed E-state index contributed by atoms with van der Waals surface area (Å²) in [5, 5.41) is 1.11. The molecule has 8 heteroatoms. The third kappa shape index (κ3) is 6.78. The molecule has 0 radical (unpaired) electrons. The summed E-state index contributed by atoms with van der Waals surface area (Å²) in [5.41, 5.74) is 4.10. The van der Waals surface area contributed by atoms with Gasteiger partial charge in [-0.25, -0.2) is 4.39 Å². The third-order valence-corrected chi connectivity index (χ3v) is 7.04. The Morgan fingerprint density at radius 3 is 2.44 bits per heavy atom. The lowest BCUT2D eigenvalue weighted by atomic mass is 10.1. The van der Waals surface area contributed by atoms with Gasteiger partial charge < -0.3 is 19.5 Å². The number of aromatic nitrogens is 2. The van der Waals surface area contributed by atoms with E-state index < -0.39 is 0 Å². The number of methoxy groups -OCH3 is 1. The molecule has 0 aliphatic carbocycles. The Bertz CT molecular complexity index is 1620. The Hall–Kier alpha value is -4.98. The monoisotopic (exact) mass is 550 g/mol. The van der Waals surface area contributed by atoms with Crippen LogP contribution in [0.3, 0.4) is 0 Å². The Kier molecular flexibility index (Phi) is 8.69. The first-order valence-electron chi connectivity index (χ1n) is 13.4. The highest BCUT2D eigenvalue weighted by atomic mass is 19.1. The summed E-state index contributed by atoms with van der Waals surface area (Å²) in [4.78, 5) is 38.1. The van der Waals surface area contributed by atoms with Crippen LogP contribution < -0.4 is 4.74 Å². The number of para-hydroxylation sites is 2. The van der Waals surface area contributed by atoms with Gasteiger partial charge in [0.2, 0.25) is 5.91 Å². The summed E-state index contributed by atoms with van der Waals surface area (Å²) in [7, 11) is 1.61. The van der Waals surface area contributed by atoms with Crippen molar-refractivity contribution in [1.29, 1.82) is 0 Å². The first-order chi connectivity index (χ1) is 20.0. The van der Waals surface area contributed by atoms with E-state index in [1.165, 1.54) is 23.2 Å². The van der Waals surface area contributed by atoms with Gasteiger partial charge in [0.15, 0.2) is 0 Å². The van der Waals surface area contributed by atoms with Gasteiger partial charge in [0.1, 0.15) is 18.1 Å². The molecule has 0 saturated carbocycles. The molecule has 0 spiro atoms. The second kappa shape index (κ2) is 12.9. The van der Waals surface area contributed by atoms with Crippen molar-refractivity contribution < 1.29 is 18.7 Å². The van der Waals surface area contributed by atoms with E-state index in [1.54, 1.807) is 42.5 Å². The topological polar surface area (TPSA) is 78.5 Å². The van der Waals surface area contributed by atoms with E-state index in [0.29, 0.717) is 36.4 Å². The minimum atomic E-state index is -0.366. The minimum Gasteiger partial charge on any atom is -0.496 e. The fraction of sp³-hybridized carbons (Fsp3) is 0.182. The molecule has 0 atom stereocenters. The van der Waals surface area contributed by atoms with Gasteiger partial charge in [-0.3, -0.25) is 14.6 Å². The number of ether oxygens (including phenoxy) is 1. The largest absolute Gasteiger partial charge is 0.496 e. The van der Waals surface area contributed by atoms with Gasteiger partial charge in [-0.05, 0) is 53.9 Å². The number of pyridine rings is 1. The first kappa shape index (κ1) is 27.6. The number of rotatable bonds is 11. The lowest BCUT2D eigenvalue weighted by molar-refractivity contribution is -0.132. The third-order valence-electron chi connectivity index (χ3n) is 7.04. The quantitative estimate of drug-likeness (QED) is 0.231. The van der Waals surface area contributed by atoms with Crippen LogP contribution in [0.25, 0.3) is 10.9 Å². The predicted molar refractivity (Wildman–Crippen MR) is 156 cm³/mol. The van der Waals surface area contributed by atoms with Crippen LogP contribution in [-0.4, -0.2) is 51.8 Å². The summed E-state index contributed by atoms with van der Waals surface area (Å²) >= 11 is 0. The molecule has 2 heterocycles. The Morgan fingerprint density at radius 1 is 0.878 bits per heavy atom. The standard InChI is InChI=1S/C33H31FN4O3/c1-41-31-11-5-2-7-27(31)22-37(18-16-25-20-36-30-10-4-3-9-29(25)30)32(39)23-38(21-24-12-14-28(34)15-13-24)33(40)26-8-6-17-35-19-26/h2-15,17,19-20,36H,16,18,21-23H2,1H3. The number of carbonyl (C=O) groups is 2. The van der Waals surface area contributed by atoms with Crippen LogP contribution in [0.1, 0.15) is 27.0 Å². The number of fused-ring (bicyclic) bond motifs is 1. The average Bonchev–Trinajstić information content (AvgIpc) is 3.43. The molecule has 5 aromatic rings. The van der Waals surface area contributed by atoms with Crippen LogP contribution in [0.2, 0.25) is 0 Å². The number of aromatic amines is 1. The van der Waals surface area contributed by atoms with Gasteiger partial charge in [-0.2, -0.15) is 0 Å². The van der Waals surface area contributed by atoms with Gasteiger partial charge in [0.05, 0.1) is 12.7 Å². The van der Waals surface area contributed by atoms with Gasteiger partial charge in [-0.1, -0.05) is 48.5 Å². The number of benzene rings is 3. The molecule has 2 aromatic heterocycles. The molecule has 0 unspecified atom stereocenters. The molecule has 41 heavy (non-hydrogen) atoms. The number of hydrogen-bond donors (Lipinski definition) is 1. The Balaban J connectivity index is 1.41.